The van der Waals surface area contributed by atoms with E-state index in [4.69, 9.17) is 15.0 Å². The van der Waals surface area contributed by atoms with Crippen molar-refractivity contribution in [1.29, 1.82) is 0 Å². The molecule has 0 fully saturated rings. The first-order valence-corrected chi connectivity index (χ1v) is 17.5. The van der Waals surface area contributed by atoms with Crippen LogP contribution in [0.4, 0.5) is 0 Å². The minimum Gasteiger partial charge on any atom is -0.256 e. The Hall–Kier alpha value is -6.45. The molecule has 1 aliphatic rings. The summed E-state index contributed by atoms with van der Waals surface area (Å²) in [5, 5.41) is 5.95. The zero-order valence-electron chi connectivity index (χ0n) is 28.4. The average Bonchev–Trinajstić information content (AvgIpc) is 3.40. The van der Waals surface area contributed by atoms with E-state index < -0.39 is 0 Å². The number of fused-ring (bicyclic) bond motifs is 6. The van der Waals surface area contributed by atoms with Gasteiger partial charge in [0.25, 0.3) is 0 Å². The van der Waals surface area contributed by atoms with E-state index in [0.29, 0.717) is 5.82 Å². The molecule has 0 saturated heterocycles. The highest BCUT2D eigenvalue weighted by Crippen LogP contribution is 2.51. The lowest BCUT2D eigenvalue weighted by Crippen LogP contribution is -2.15. The van der Waals surface area contributed by atoms with Crippen LogP contribution in [0.5, 0.6) is 0 Å². The molecule has 0 saturated carbocycles. The maximum absolute atomic E-state index is 5.26. The van der Waals surface area contributed by atoms with Gasteiger partial charge >= 0.3 is 0 Å². The lowest BCUT2D eigenvalue weighted by atomic mass is 9.81. The molecule has 2 aromatic heterocycles. The fourth-order valence-electron chi connectivity index (χ4n) is 8.11. The molecule has 7 aromatic carbocycles. The number of nitrogens with zero attached hydrogens (tertiary/aromatic N) is 3. The average molecular weight is 652 g/mol. The number of benzene rings is 7. The summed E-state index contributed by atoms with van der Waals surface area (Å²) in [5.74, 6) is 0.694. The van der Waals surface area contributed by atoms with Crippen molar-refractivity contribution in [2.45, 2.75) is 19.3 Å². The minimum atomic E-state index is -0.112. The highest BCUT2D eigenvalue weighted by atomic mass is 14.9. The van der Waals surface area contributed by atoms with Gasteiger partial charge in [-0.05, 0) is 91.3 Å². The van der Waals surface area contributed by atoms with Crippen LogP contribution in [0.25, 0.3) is 88.6 Å². The Morgan fingerprint density at radius 3 is 1.90 bits per heavy atom. The molecule has 0 bridgehead atoms. The van der Waals surface area contributed by atoms with Gasteiger partial charge in [-0.2, -0.15) is 0 Å². The molecule has 0 aliphatic heterocycles. The van der Waals surface area contributed by atoms with Crippen molar-refractivity contribution in [3.05, 3.63) is 175 Å². The lowest BCUT2D eigenvalue weighted by Gasteiger charge is -2.22. The first-order chi connectivity index (χ1) is 25.0. The van der Waals surface area contributed by atoms with Crippen molar-refractivity contribution in [1.82, 2.24) is 15.0 Å². The predicted molar refractivity (Wildman–Crippen MR) is 212 cm³/mol. The first kappa shape index (κ1) is 29.5. The molecular formula is C48H33N3. The Morgan fingerprint density at radius 1 is 0.412 bits per heavy atom. The standard InChI is InChI=1S/C48H33N3/c1-48(2)42-28-34(21-22-38(42)41-26-32-14-6-7-15-33(32)27-43(41)48)35-23-24-39(37-19-9-8-18-36(35)37)47-50-44(30-12-4-3-5-13-30)29-45(51-47)40-20-10-16-31-17-11-25-49-46(31)40/h3-29H,1-2H3. The van der Waals surface area contributed by atoms with Crippen molar-refractivity contribution in [3.63, 3.8) is 0 Å². The zero-order chi connectivity index (χ0) is 34.1. The molecule has 0 unspecified atom stereocenters. The second-order valence-electron chi connectivity index (χ2n) is 14.0. The van der Waals surface area contributed by atoms with Crippen LogP contribution in [0.3, 0.4) is 0 Å². The van der Waals surface area contributed by atoms with Crippen LogP contribution in [-0.2, 0) is 5.41 Å². The largest absolute Gasteiger partial charge is 0.256 e. The topological polar surface area (TPSA) is 38.7 Å². The Kier molecular flexibility index (Phi) is 6.53. The third-order valence-corrected chi connectivity index (χ3v) is 10.7. The lowest BCUT2D eigenvalue weighted by molar-refractivity contribution is 0.661. The smallest absolute Gasteiger partial charge is 0.161 e. The zero-order valence-corrected chi connectivity index (χ0v) is 28.4. The molecule has 1 aliphatic carbocycles. The third-order valence-electron chi connectivity index (χ3n) is 10.7. The minimum absolute atomic E-state index is 0.112. The summed E-state index contributed by atoms with van der Waals surface area (Å²) >= 11 is 0. The van der Waals surface area contributed by atoms with Gasteiger partial charge in [0.2, 0.25) is 0 Å². The van der Waals surface area contributed by atoms with Gasteiger partial charge in [-0.3, -0.25) is 4.98 Å². The van der Waals surface area contributed by atoms with E-state index in [0.717, 1.165) is 44.4 Å². The molecule has 0 radical (unpaired) electrons. The Labute approximate surface area is 297 Å². The first-order valence-electron chi connectivity index (χ1n) is 17.5. The van der Waals surface area contributed by atoms with Gasteiger partial charge in [0.05, 0.1) is 16.9 Å². The second kappa shape index (κ2) is 11.3. The van der Waals surface area contributed by atoms with Gasteiger partial charge in [0.15, 0.2) is 5.82 Å². The van der Waals surface area contributed by atoms with Crippen LogP contribution in [-0.4, -0.2) is 15.0 Å². The third kappa shape index (κ3) is 4.69. The molecule has 3 heteroatoms. The van der Waals surface area contributed by atoms with Crippen molar-refractivity contribution in [2.24, 2.45) is 0 Å². The molecular weight excluding hydrogens is 619 g/mol. The molecule has 0 amide bonds. The molecule has 10 rings (SSSR count). The summed E-state index contributed by atoms with van der Waals surface area (Å²) in [6.45, 7) is 4.72. The van der Waals surface area contributed by atoms with Gasteiger partial charge in [-0.25, -0.2) is 9.97 Å². The molecule has 51 heavy (non-hydrogen) atoms. The summed E-state index contributed by atoms with van der Waals surface area (Å²) in [4.78, 5) is 15.2. The van der Waals surface area contributed by atoms with Crippen LogP contribution in [0.1, 0.15) is 25.0 Å². The van der Waals surface area contributed by atoms with Gasteiger partial charge in [-0.15, -0.1) is 0 Å². The number of para-hydroxylation sites is 1. The van der Waals surface area contributed by atoms with Gasteiger partial charge < -0.3 is 0 Å². The van der Waals surface area contributed by atoms with E-state index in [2.05, 4.69) is 159 Å². The van der Waals surface area contributed by atoms with Gasteiger partial charge in [-0.1, -0.05) is 135 Å². The molecule has 0 N–H and O–H groups in total. The fraction of sp³-hybridized carbons (Fsp3) is 0.0625. The summed E-state index contributed by atoms with van der Waals surface area (Å²) in [7, 11) is 0. The normalized spacial score (nSPS) is 13.1. The summed E-state index contributed by atoms with van der Waals surface area (Å²) in [5.41, 5.74) is 13.4. The Bertz CT molecular complexity index is 2830. The van der Waals surface area contributed by atoms with Gasteiger partial charge in [0.1, 0.15) is 0 Å². The quantitative estimate of drug-likeness (QED) is 0.190. The Morgan fingerprint density at radius 2 is 1.06 bits per heavy atom. The molecule has 0 spiro atoms. The monoisotopic (exact) mass is 651 g/mol. The number of aromatic nitrogens is 3. The summed E-state index contributed by atoms with van der Waals surface area (Å²) < 4.78 is 0. The molecule has 9 aromatic rings. The van der Waals surface area contributed by atoms with Crippen LogP contribution in [0, 0.1) is 0 Å². The van der Waals surface area contributed by atoms with Crippen molar-refractivity contribution < 1.29 is 0 Å². The van der Waals surface area contributed by atoms with Crippen molar-refractivity contribution in [2.75, 3.05) is 0 Å². The molecule has 3 nitrogen and oxygen atoms in total. The molecule has 0 atom stereocenters. The SMILES string of the molecule is CC1(C)c2cc(-c3ccc(-c4nc(-c5ccccc5)cc(-c5cccc6cccnc56)n4)c4ccccc34)ccc2-c2cc3ccccc3cc21. The summed E-state index contributed by atoms with van der Waals surface area (Å²) in [6.07, 6.45) is 1.85. The predicted octanol–water partition coefficient (Wildman–Crippen LogP) is 12.3. The maximum Gasteiger partial charge on any atom is 0.161 e. The maximum atomic E-state index is 5.26. The molecule has 2 heterocycles. The van der Waals surface area contributed by atoms with Crippen LogP contribution >= 0.6 is 0 Å². The highest BCUT2D eigenvalue weighted by Gasteiger charge is 2.36. The summed E-state index contributed by atoms with van der Waals surface area (Å²) in [6, 6.07) is 56.4. The van der Waals surface area contributed by atoms with Crippen molar-refractivity contribution >= 4 is 32.4 Å². The van der Waals surface area contributed by atoms with E-state index >= 15 is 0 Å². The highest BCUT2D eigenvalue weighted by molar-refractivity contribution is 6.05. The van der Waals surface area contributed by atoms with Gasteiger partial charge in [0, 0.05) is 33.7 Å². The number of hydrogen-bond acceptors (Lipinski definition) is 3. The van der Waals surface area contributed by atoms with Crippen LogP contribution in [0.2, 0.25) is 0 Å². The molecule has 240 valence electrons. The van der Waals surface area contributed by atoms with E-state index in [-0.39, 0.29) is 5.41 Å². The van der Waals surface area contributed by atoms with E-state index in [1.54, 1.807) is 0 Å². The van der Waals surface area contributed by atoms with E-state index in [1.807, 2.05) is 18.3 Å². The van der Waals surface area contributed by atoms with Crippen molar-refractivity contribution in [3.8, 4) is 56.2 Å². The van der Waals surface area contributed by atoms with Crippen LogP contribution in [0.15, 0.2) is 164 Å². The van der Waals surface area contributed by atoms with E-state index in [1.165, 1.54) is 49.5 Å². The fourth-order valence-corrected chi connectivity index (χ4v) is 8.11. The van der Waals surface area contributed by atoms with Crippen LogP contribution < -0.4 is 0 Å². The number of rotatable bonds is 4. The Balaban J connectivity index is 1.14. The number of pyridine rings is 1. The number of hydrogen-bond donors (Lipinski definition) is 0. The second-order valence-corrected chi connectivity index (χ2v) is 14.0. The van der Waals surface area contributed by atoms with E-state index in [9.17, 15) is 0 Å².